The first kappa shape index (κ1) is 17.8. The van der Waals surface area contributed by atoms with Gasteiger partial charge < -0.3 is 0 Å². The third-order valence-electron chi connectivity index (χ3n) is 5.68. The minimum atomic E-state index is 1.06. The van der Waals surface area contributed by atoms with Crippen LogP contribution in [0, 0.1) is 0 Å². The SMILES string of the molecule is CCc1ccc(CCCCc2ccc3c(c2)C=C(c2ccccc2)C3)cc1. The minimum Gasteiger partial charge on any atom is -0.0622 e. The number of rotatable bonds is 7. The molecule has 0 amide bonds. The van der Waals surface area contributed by atoms with Gasteiger partial charge >= 0.3 is 0 Å². The number of benzene rings is 3. The van der Waals surface area contributed by atoms with Crippen LogP contribution in [0.1, 0.15) is 53.1 Å². The standard InChI is InChI=1S/C27H28/c1-2-21-12-14-22(15-13-21)8-6-7-9-23-16-17-25-19-27(20-26(25)18-23)24-10-4-3-5-11-24/h3-5,10-18,20H,2,6-9,19H2,1H3. The van der Waals surface area contributed by atoms with Gasteiger partial charge in [-0.2, -0.15) is 0 Å². The molecule has 0 aromatic heterocycles. The molecule has 4 rings (SSSR count). The molecule has 27 heavy (non-hydrogen) atoms. The Morgan fingerprint density at radius 3 is 2.11 bits per heavy atom. The molecule has 3 aromatic carbocycles. The van der Waals surface area contributed by atoms with Crippen LogP contribution in [-0.2, 0) is 25.7 Å². The second-order valence-electron chi connectivity index (χ2n) is 7.62. The lowest BCUT2D eigenvalue weighted by atomic mass is 9.99. The normalized spacial score (nSPS) is 12.7. The first-order chi connectivity index (χ1) is 13.3. The van der Waals surface area contributed by atoms with Gasteiger partial charge in [-0.1, -0.05) is 85.8 Å². The largest absolute Gasteiger partial charge is 0.0622 e. The maximum atomic E-state index is 2.40. The van der Waals surface area contributed by atoms with Crippen LogP contribution < -0.4 is 0 Å². The zero-order valence-electron chi connectivity index (χ0n) is 16.2. The molecule has 0 atom stereocenters. The van der Waals surface area contributed by atoms with Gasteiger partial charge in [0.05, 0.1) is 0 Å². The van der Waals surface area contributed by atoms with Gasteiger partial charge in [-0.3, -0.25) is 0 Å². The molecular formula is C27H28. The Kier molecular flexibility index (Phi) is 5.53. The first-order valence-corrected chi connectivity index (χ1v) is 10.3. The van der Waals surface area contributed by atoms with E-state index in [-0.39, 0.29) is 0 Å². The van der Waals surface area contributed by atoms with E-state index < -0.39 is 0 Å². The van der Waals surface area contributed by atoms with Crippen LogP contribution in [0.3, 0.4) is 0 Å². The molecule has 3 aromatic rings. The average molecular weight is 353 g/mol. The van der Waals surface area contributed by atoms with Crippen LogP contribution in [0.5, 0.6) is 0 Å². The van der Waals surface area contributed by atoms with Gasteiger partial charge in [-0.05, 0) is 77.5 Å². The summed E-state index contributed by atoms with van der Waals surface area (Å²) in [6.07, 6.45) is 9.44. The monoisotopic (exact) mass is 352 g/mol. The van der Waals surface area contributed by atoms with E-state index >= 15 is 0 Å². The summed E-state index contributed by atoms with van der Waals surface area (Å²) in [7, 11) is 0. The highest BCUT2D eigenvalue weighted by Crippen LogP contribution is 2.32. The molecule has 0 bridgehead atoms. The average Bonchev–Trinajstić information content (AvgIpc) is 3.16. The Morgan fingerprint density at radius 2 is 1.37 bits per heavy atom. The number of aryl methyl sites for hydroxylation is 3. The molecule has 0 fully saturated rings. The van der Waals surface area contributed by atoms with Crippen molar-refractivity contribution >= 4 is 11.6 Å². The third-order valence-corrected chi connectivity index (χ3v) is 5.68. The minimum absolute atomic E-state index is 1.06. The van der Waals surface area contributed by atoms with E-state index in [1.54, 1.807) is 0 Å². The second-order valence-corrected chi connectivity index (χ2v) is 7.62. The molecule has 0 unspecified atom stereocenters. The topological polar surface area (TPSA) is 0 Å². The molecule has 1 aliphatic rings. The summed E-state index contributed by atoms with van der Waals surface area (Å²) < 4.78 is 0. The van der Waals surface area contributed by atoms with Crippen molar-refractivity contribution in [2.45, 2.75) is 45.4 Å². The number of hydrogen-bond acceptors (Lipinski definition) is 0. The van der Waals surface area contributed by atoms with Gasteiger partial charge in [0.15, 0.2) is 0 Å². The van der Waals surface area contributed by atoms with E-state index in [9.17, 15) is 0 Å². The van der Waals surface area contributed by atoms with Crippen molar-refractivity contribution < 1.29 is 0 Å². The third kappa shape index (κ3) is 4.39. The summed E-state index contributed by atoms with van der Waals surface area (Å²) in [4.78, 5) is 0. The molecule has 136 valence electrons. The Balaban J connectivity index is 1.32. The fraction of sp³-hybridized carbons (Fsp3) is 0.259. The molecule has 0 radical (unpaired) electrons. The number of hydrogen-bond donors (Lipinski definition) is 0. The van der Waals surface area contributed by atoms with Crippen LogP contribution in [0.25, 0.3) is 11.6 Å². The molecule has 1 aliphatic carbocycles. The van der Waals surface area contributed by atoms with Gasteiger partial charge in [0.1, 0.15) is 0 Å². The highest BCUT2D eigenvalue weighted by molar-refractivity contribution is 5.88. The Labute approximate surface area is 163 Å². The van der Waals surface area contributed by atoms with Gasteiger partial charge in [-0.25, -0.2) is 0 Å². The van der Waals surface area contributed by atoms with Crippen molar-refractivity contribution in [1.82, 2.24) is 0 Å². The molecule has 0 heterocycles. The lowest BCUT2D eigenvalue weighted by Gasteiger charge is -2.06. The maximum absolute atomic E-state index is 2.40. The van der Waals surface area contributed by atoms with Crippen LogP contribution >= 0.6 is 0 Å². The smallest absolute Gasteiger partial charge is 0.00137 e. The second kappa shape index (κ2) is 8.39. The Bertz CT molecular complexity index is 914. The van der Waals surface area contributed by atoms with Crippen molar-refractivity contribution in [2.75, 3.05) is 0 Å². The summed E-state index contributed by atoms with van der Waals surface area (Å²) in [6, 6.07) is 27.0. The molecule has 0 nitrogen and oxygen atoms in total. The summed E-state index contributed by atoms with van der Waals surface area (Å²) >= 11 is 0. The molecule has 0 spiro atoms. The van der Waals surface area contributed by atoms with Gasteiger partial charge in [0.25, 0.3) is 0 Å². The summed E-state index contributed by atoms with van der Waals surface area (Å²) in [5.41, 5.74) is 10.1. The van der Waals surface area contributed by atoms with E-state index in [0.29, 0.717) is 0 Å². The number of unbranched alkanes of at least 4 members (excludes halogenated alkanes) is 1. The quantitative estimate of drug-likeness (QED) is 0.405. The van der Waals surface area contributed by atoms with E-state index in [1.165, 1.54) is 64.6 Å². The van der Waals surface area contributed by atoms with Crippen molar-refractivity contribution in [2.24, 2.45) is 0 Å². The van der Waals surface area contributed by atoms with Crippen LogP contribution in [0.4, 0.5) is 0 Å². The summed E-state index contributed by atoms with van der Waals surface area (Å²) in [5, 5.41) is 0. The number of allylic oxidation sites excluding steroid dienone is 1. The zero-order chi connectivity index (χ0) is 18.5. The van der Waals surface area contributed by atoms with Crippen molar-refractivity contribution in [3.8, 4) is 0 Å². The van der Waals surface area contributed by atoms with E-state index in [0.717, 1.165) is 12.8 Å². The molecular weight excluding hydrogens is 324 g/mol. The molecule has 0 saturated carbocycles. The molecule has 0 heteroatoms. The Hall–Kier alpha value is -2.60. The molecule has 0 N–H and O–H groups in total. The van der Waals surface area contributed by atoms with Gasteiger partial charge in [-0.15, -0.1) is 0 Å². The van der Waals surface area contributed by atoms with E-state index in [2.05, 4.69) is 85.8 Å². The maximum Gasteiger partial charge on any atom is -0.00137 e. The fourth-order valence-electron chi connectivity index (χ4n) is 3.98. The first-order valence-electron chi connectivity index (χ1n) is 10.3. The van der Waals surface area contributed by atoms with Crippen LogP contribution in [0.15, 0.2) is 72.8 Å². The van der Waals surface area contributed by atoms with E-state index in [4.69, 9.17) is 0 Å². The predicted molar refractivity (Wildman–Crippen MR) is 117 cm³/mol. The number of fused-ring (bicyclic) bond motifs is 1. The van der Waals surface area contributed by atoms with Crippen molar-refractivity contribution in [3.63, 3.8) is 0 Å². The van der Waals surface area contributed by atoms with Crippen LogP contribution in [-0.4, -0.2) is 0 Å². The van der Waals surface area contributed by atoms with Crippen molar-refractivity contribution in [3.05, 3.63) is 106 Å². The van der Waals surface area contributed by atoms with E-state index in [1.807, 2.05) is 0 Å². The lowest BCUT2D eigenvalue weighted by molar-refractivity contribution is 0.734. The molecule has 0 saturated heterocycles. The highest BCUT2D eigenvalue weighted by Gasteiger charge is 2.14. The highest BCUT2D eigenvalue weighted by atomic mass is 14.2. The zero-order valence-corrected chi connectivity index (χ0v) is 16.2. The predicted octanol–water partition coefficient (Wildman–Crippen LogP) is 6.91. The fourth-order valence-corrected chi connectivity index (χ4v) is 3.98. The van der Waals surface area contributed by atoms with Crippen LogP contribution in [0.2, 0.25) is 0 Å². The van der Waals surface area contributed by atoms with Gasteiger partial charge in [0.2, 0.25) is 0 Å². The Morgan fingerprint density at radius 1 is 0.704 bits per heavy atom. The van der Waals surface area contributed by atoms with Crippen molar-refractivity contribution in [1.29, 1.82) is 0 Å². The van der Waals surface area contributed by atoms with Gasteiger partial charge in [0, 0.05) is 0 Å². The molecule has 0 aliphatic heterocycles. The summed E-state index contributed by atoms with van der Waals surface area (Å²) in [6.45, 7) is 2.21. The lowest BCUT2D eigenvalue weighted by Crippen LogP contribution is -1.92. The summed E-state index contributed by atoms with van der Waals surface area (Å²) in [5.74, 6) is 0.